The van der Waals surface area contributed by atoms with E-state index in [9.17, 15) is 0 Å². The zero-order chi connectivity index (χ0) is 12.1. The van der Waals surface area contributed by atoms with E-state index in [1.165, 1.54) is 0 Å². The summed E-state index contributed by atoms with van der Waals surface area (Å²) in [5.74, 6) is 0. The molecule has 2 rings (SSSR count). The van der Waals surface area contributed by atoms with Crippen LogP contribution in [0.3, 0.4) is 0 Å². The summed E-state index contributed by atoms with van der Waals surface area (Å²) in [5.41, 5.74) is 8.92. The van der Waals surface area contributed by atoms with Crippen molar-refractivity contribution in [2.75, 3.05) is 0 Å². The van der Waals surface area contributed by atoms with Crippen LogP contribution in [0.1, 0.15) is 24.2 Å². The molecule has 0 amide bonds. The van der Waals surface area contributed by atoms with Gasteiger partial charge in [-0.25, -0.2) is 0 Å². The summed E-state index contributed by atoms with van der Waals surface area (Å²) in [6.07, 6.45) is 16.0. The summed E-state index contributed by atoms with van der Waals surface area (Å²) >= 11 is 0. The second-order valence-electron chi connectivity index (χ2n) is 4.02. The molecule has 0 unspecified atom stereocenters. The van der Waals surface area contributed by atoms with Crippen molar-refractivity contribution in [2.24, 2.45) is 5.73 Å². The lowest BCUT2D eigenvalue weighted by Crippen LogP contribution is -2.05. The second kappa shape index (κ2) is 5.41. The van der Waals surface area contributed by atoms with Crippen LogP contribution in [-0.4, -0.2) is 4.98 Å². The van der Waals surface area contributed by atoms with Crippen molar-refractivity contribution in [2.45, 2.75) is 13.0 Å². The van der Waals surface area contributed by atoms with Crippen LogP contribution in [0.2, 0.25) is 0 Å². The van der Waals surface area contributed by atoms with Crippen molar-refractivity contribution in [1.82, 2.24) is 4.98 Å². The molecule has 1 aliphatic carbocycles. The van der Waals surface area contributed by atoms with Gasteiger partial charge in [-0.3, -0.25) is 4.98 Å². The Morgan fingerprint density at radius 2 is 1.82 bits per heavy atom. The van der Waals surface area contributed by atoms with Crippen molar-refractivity contribution < 1.29 is 0 Å². The van der Waals surface area contributed by atoms with Crippen LogP contribution in [-0.2, 0) is 0 Å². The third kappa shape index (κ3) is 3.02. The Bertz CT molecular complexity index is 488. The van der Waals surface area contributed by atoms with Crippen molar-refractivity contribution in [1.29, 1.82) is 0 Å². The van der Waals surface area contributed by atoms with Crippen LogP contribution < -0.4 is 5.73 Å². The van der Waals surface area contributed by atoms with Gasteiger partial charge in [0.1, 0.15) is 0 Å². The van der Waals surface area contributed by atoms with Gasteiger partial charge in [0, 0.05) is 17.8 Å². The lowest BCUT2D eigenvalue weighted by molar-refractivity contribution is 0.811. The minimum Gasteiger partial charge on any atom is -0.324 e. The molecule has 0 aliphatic heterocycles. The fourth-order valence-electron chi connectivity index (χ4n) is 1.58. The monoisotopic (exact) mass is 224 g/mol. The maximum Gasteiger partial charge on any atom is 0.0702 e. The minimum absolute atomic E-state index is 0.0289. The summed E-state index contributed by atoms with van der Waals surface area (Å²) in [7, 11) is 0. The average Bonchev–Trinajstić information content (AvgIpc) is 2.29. The Hall–Kier alpha value is -1.93. The first-order valence-electron chi connectivity index (χ1n) is 5.71. The molecular formula is C15H16N2. The molecule has 1 heterocycles. The molecule has 2 heteroatoms. The highest BCUT2D eigenvalue weighted by molar-refractivity contribution is 5.73. The first-order chi connectivity index (χ1) is 8.27. The summed E-state index contributed by atoms with van der Waals surface area (Å²) in [4.78, 5) is 4.44. The normalized spacial score (nSPS) is 24.9. The molecule has 2 nitrogen and oxygen atoms in total. The van der Waals surface area contributed by atoms with Gasteiger partial charge in [0.15, 0.2) is 0 Å². The molecule has 1 aliphatic rings. The number of allylic oxidation sites excluding steroid dienone is 8. The summed E-state index contributed by atoms with van der Waals surface area (Å²) in [5, 5.41) is 0. The van der Waals surface area contributed by atoms with E-state index in [1.807, 2.05) is 67.8 Å². The van der Waals surface area contributed by atoms with E-state index in [0.29, 0.717) is 0 Å². The average molecular weight is 224 g/mol. The van der Waals surface area contributed by atoms with Crippen LogP contribution >= 0.6 is 0 Å². The third-order valence-corrected chi connectivity index (χ3v) is 2.60. The summed E-state index contributed by atoms with van der Waals surface area (Å²) in [6, 6.07) is 4.06. The van der Waals surface area contributed by atoms with Gasteiger partial charge in [-0.2, -0.15) is 0 Å². The van der Waals surface area contributed by atoms with E-state index in [2.05, 4.69) is 4.98 Å². The Labute approximate surface area is 102 Å². The van der Waals surface area contributed by atoms with Crippen molar-refractivity contribution in [3.63, 3.8) is 0 Å². The van der Waals surface area contributed by atoms with Crippen molar-refractivity contribution >= 4 is 5.57 Å². The van der Waals surface area contributed by atoms with Crippen LogP contribution in [0.5, 0.6) is 0 Å². The fraction of sp³-hybridized carbons (Fsp3) is 0.133. The number of aromatic nitrogens is 1. The van der Waals surface area contributed by atoms with E-state index in [4.69, 9.17) is 5.73 Å². The molecule has 86 valence electrons. The van der Waals surface area contributed by atoms with Crippen LogP contribution in [0.15, 0.2) is 60.9 Å². The van der Waals surface area contributed by atoms with Crippen molar-refractivity contribution in [3.8, 4) is 0 Å². The number of hydrogen-bond acceptors (Lipinski definition) is 2. The molecule has 0 spiro atoms. The largest absolute Gasteiger partial charge is 0.324 e. The Balaban J connectivity index is 2.28. The molecular weight excluding hydrogens is 208 g/mol. The van der Waals surface area contributed by atoms with Gasteiger partial charge in [0.25, 0.3) is 0 Å². The first kappa shape index (κ1) is 11.6. The lowest BCUT2D eigenvalue weighted by Gasteiger charge is -2.06. The number of nitrogens with two attached hydrogens (primary N) is 1. The lowest BCUT2D eigenvalue weighted by atomic mass is 10.1. The van der Waals surface area contributed by atoms with Crippen LogP contribution in [0, 0.1) is 0 Å². The van der Waals surface area contributed by atoms with Gasteiger partial charge in [0.2, 0.25) is 0 Å². The first-order valence-corrected chi connectivity index (χ1v) is 5.71. The fourth-order valence-corrected chi connectivity index (χ4v) is 1.58. The highest BCUT2D eigenvalue weighted by Crippen LogP contribution is 2.17. The van der Waals surface area contributed by atoms with Gasteiger partial charge < -0.3 is 5.73 Å². The predicted molar refractivity (Wildman–Crippen MR) is 72.2 cm³/mol. The number of hydrogen-bond donors (Lipinski definition) is 1. The SMILES string of the molecule is C[C@H](N)c1ccc(C2=C/C=C\C=C/C=C\2)nc1. The van der Waals surface area contributed by atoms with E-state index in [-0.39, 0.29) is 6.04 Å². The maximum atomic E-state index is 5.80. The Morgan fingerprint density at radius 1 is 1.06 bits per heavy atom. The Morgan fingerprint density at radius 3 is 2.53 bits per heavy atom. The molecule has 1 aromatic heterocycles. The second-order valence-corrected chi connectivity index (χ2v) is 4.02. The van der Waals surface area contributed by atoms with Gasteiger partial charge >= 0.3 is 0 Å². The third-order valence-electron chi connectivity index (χ3n) is 2.60. The number of rotatable bonds is 2. The summed E-state index contributed by atoms with van der Waals surface area (Å²) in [6.45, 7) is 1.96. The molecule has 0 saturated carbocycles. The van der Waals surface area contributed by atoms with E-state index in [1.54, 1.807) is 0 Å². The molecule has 0 bridgehead atoms. The molecule has 1 atom stereocenters. The number of pyridine rings is 1. The molecule has 2 N–H and O–H groups in total. The molecule has 0 saturated heterocycles. The topological polar surface area (TPSA) is 38.9 Å². The quantitative estimate of drug-likeness (QED) is 0.838. The van der Waals surface area contributed by atoms with Crippen molar-refractivity contribution in [3.05, 3.63) is 72.1 Å². The van der Waals surface area contributed by atoms with E-state index < -0.39 is 0 Å². The van der Waals surface area contributed by atoms with Crippen LogP contribution in [0.25, 0.3) is 5.57 Å². The van der Waals surface area contributed by atoms with Gasteiger partial charge in [-0.05, 0) is 18.6 Å². The molecule has 0 fully saturated rings. The molecule has 0 aromatic carbocycles. The van der Waals surface area contributed by atoms with E-state index >= 15 is 0 Å². The zero-order valence-electron chi connectivity index (χ0n) is 9.88. The standard InChI is InChI=1S/C15H16N2/c1-12(16)14-9-10-15(17-11-14)13-7-5-3-2-4-6-8-13/h2-12H,16H2,1H3/b3-2-,4-2?,5-3?,6-4-,7-5-,8-6?,13-7?,13-8+/t12-/m0/s1. The smallest absolute Gasteiger partial charge is 0.0702 e. The van der Waals surface area contributed by atoms with Gasteiger partial charge in [-0.1, -0.05) is 48.6 Å². The highest BCUT2D eigenvalue weighted by Gasteiger charge is 2.02. The molecule has 17 heavy (non-hydrogen) atoms. The van der Waals surface area contributed by atoms with Crippen LogP contribution in [0.4, 0.5) is 0 Å². The van der Waals surface area contributed by atoms with E-state index in [0.717, 1.165) is 16.8 Å². The summed E-state index contributed by atoms with van der Waals surface area (Å²) < 4.78 is 0. The Kier molecular flexibility index (Phi) is 3.68. The highest BCUT2D eigenvalue weighted by atomic mass is 14.7. The number of nitrogens with zero attached hydrogens (tertiary/aromatic N) is 1. The predicted octanol–water partition coefficient (Wildman–Crippen LogP) is 3.17. The molecule has 1 aromatic rings. The maximum absolute atomic E-state index is 5.80. The zero-order valence-corrected chi connectivity index (χ0v) is 9.88. The van der Waals surface area contributed by atoms with Gasteiger partial charge in [0.05, 0.1) is 5.69 Å². The minimum atomic E-state index is 0.0289. The molecule has 0 radical (unpaired) electrons. The van der Waals surface area contributed by atoms with Gasteiger partial charge in [-0.15, -0.1) is 0 Å².